The average Bonchev–Trinajstić information content (AvgIpc) is 2.90. The Labute approximate surface area is 227 Å². The summed E-state index contributed by atoms with van der Waals surface area (Å²) >= 11 is 6.07. The summed E-state index contributed by atoms with van der Waals surface area (Å²) in [5.41, 5.74) is 6.52. The number of methoxy groups -OCH3 is 2. The summed E-state index contributed by atoms with van der Waals surface area (Å²) < 4.78 is 10.6. The smallest absolute Gasteiger partial charge is 0.306 e. The number of carbonyl (C=O) groups excluding carboxylic acids is 3. The molecule has 11 heteroatoms. The molecule has 1 saturated heterocycles. The van der Waals surface area contributed by atoms with Gasteiger partial charge in [-0.3, -0.25) is 14.4 Å². The van der Waals surface area contributed by atoms with Crippen molar-refractivity contribution in [1.29, 1.82) is 0 Å². The Balaban J connectivity index is 1.88. The van der Waals surface area contributed by atoms with Gasteiger partial charge in [-0.05, 0) is 37.0 Å². The second-order valence-corrected chi connectivity index (χ2v) is 10.1. The number of pyridine rings is 1. The lowest BCUT2D eigenvalue weighted by molar-refractivity contribution is -0.614. The van der Waals surface area contributed by atoms with Gasteiger partial charge >= 0.3 is 5.97 Å². The summed E-state index contributed by atoms with van der Waals surface area (Å²) in [6, 6.07) is 11.4. The fourth-order valence-electron chi connectivity index (χ4n) is 4.88. The fraction of sp³-hybridized carbons (Fsp3) is 0.481. The van der Waals surface area contributed by atoms with E-state index in [1.54, 1.807) is 35.2 Å². The van der Waals surface area contributed by atoms with Crippen molar-refractivity contribution in [3.63, 3.8) is 0 Å². The van der Waals surface area contributed by atoms with Crippen LogP contribution in [0.3, 0.4) is 0 Å². The minimum absolute atomic E-state index is 0.0545. The maximum absolute atomic E-state index is 13.8. The minimum Gasteiger partial charge on any atom is -0.619 e. The first-order valence-corrected chi connectivity index (χ1v) is 12.9. The number of benzene rings is 1. The number of aromatic nitrogens is 1. The maximum atomic E-state index is 13.8. The van der Waals surface area contributed by atoms with E-state index in [9.17, 15) is 19.6 Å². The van der Waals surface area contributed by atoms with Gasteiger partial charge < -0.3 is 30.6 Å². The molecule has 10 nitrogen and oxygen atoms in total. The number of nitrogens with one attached hydrogen (secondary N) is 1. The largest absolute Gasteiger partial charge is 0.619 e. The van der Waals surface area contributed by atoms with Crippen molar-refractivity contribution in [2.45, 2.75) is 43.7 Å². The molecular weight excluding hydrogens is 512 g/mol. The first-order valence-electron chi connectivity index (χ1n) is 12.5. The first kappa shape index (κ1) is 29.3. The number of hydrogen-bond donors (Lipinski definition) is 2. The number of piperidine rings is 1. The molecule has 3 rings (SSSR count). The van der Waals surface area contributed by atoms with Crippen LogP contribution in [0.2, 0.25) is 5.02 Å². The number of nitrogens with two attached hydrogens (primary N) is 1. The Morgan fingerprint density at radius 2 is 1.95 bits per heavy atom. The Bertz CT molecular complexity index is 1120. The third-order valence-corrected chi connectivity index (χ3v) is 7.02. The Morgan fingerprint density at radius 1 is 1.21 bits per heavy atom. The molecule has 3 N–H and O–H groups in total. The van der Waals surface area contributed by atoms with Crippen LogP contribution in [0.1, 0.15) is 30.5 Å². The van der Waals surface area contributed by atoms with Crippen LogP contribution in [-0.4, -0.2) is 68.2 Å². The number of likely N-dealkylation sites (tertiary alicyclic amines) is 1. The topological polar surface area (TPSA) is 138 Å². The standard InChI is InChI=1S/C27H35ClN4O6/c1-37-17-23(29)25(34)30-27(16-19-7-9-21(28)10-8-19)11-5-12-31(18-27)26(35)20(15-24(33)38-2)14-22-6-3-4-13-32(22)36/h3-4,6-10,13,20,23H,5,11-12,14-18,29H2,1-2H3,(H,30,34)/t20-,23+,27-/m1/s1. The van der Waals surface area contributed by atoms with Gasteiger partial charge in [-0.1, -0.05) is 29.8 Å². The number of esters is 1. The highest BCUT2D eigenvalue weighted by atomic mass is 35.5. The fourth-order valence-corrected chi connectivity index (χ4v) is 5.00. The van der Waals surface area contributed by atoms with Crippen molar-refractivity contribution >= 4 is 29.4 Å². The van der Waals surface area contributed by atoms with Crippen LogP contribution in [0.5, 0.6) is 0 Å². The molecule has 0 saturated carbocycles. The molecule has 38 heavy (non-hydrogen) atoms. The van der Waals surface area contributed by atoms with Crippen LogP contribution in [0, 0.1) is 11.1 Å². The second kappa shape index (κ2) is 13.5. The number of nitrogens with zero attached hydrogens (tertiary/aromatic N) is 2. The van der Waals surface area contributed by atoms with Gasteiger partial charge in [-0.2, -0.15) is 4.73 Å². The van der Waals surface area contributed by atoms with Gasteiger partial charge in [-0.25, -0.2) is 0 Å². The van der Waals surface area contributed by atoms with E-state index in [4.69, 9.17) is 26.8 Å². The summed E-state index contributed by atoms with van der Waals surface area (Å²) in [6.07, 6.45) is 2.94. The number of carbonyl (C=O) groups is 3. The van der Waals surface area contributed by atoms with Gasteiger partial charge in [-0.15, -0.1) is 0 Å². The zero-order valence-corrected chi connectivity index (χ0v) is 22.5. The van der Waals surface area contributed by atoms with Crippen LogP contribution in [0.15, 0.2) is 48.7 Å². The number of amides is 2. The Kier molecular flexibility index (Phi) is 10.5. The lowest BCUT2D eigenvalue weighted by atomic mass is 9.82. The van der Waals surface area contributed by atoms with E-state index in [0.29, 0.717) is 41.3 Å². The molecule has 1 aliphatic rings. The quantitative estimate of drug-likeness (QED) is 0.247. The highest BCUT2D eigenvalue weighted by Crippen LogP contribution is 2.28. The van der Waals surface area contributed by atoms with Gasteiger partial charge in [0, 0.05) is 43.8 Å². The van der Waals surface area contributed by atoms with Gasteiger partial charge in [0.1, 0.15) is 6.04 Å². The molecule has 206 valence electrons. The van der Waals surface area contributed by atoms with E-state index in [1.807, 2.05) is 12.1 Å². The van der Waals surface area contributed by atoms with E-state index in [2.05, 4.69) is 5.32 Å². The van der Waals surface area contributed by atoms with Gasteiger partial charge in [0.15, 0.2) is 11.9 Å². The van der Waals surface area contributed by atoms with Crippen LogP contribution >= 0.6 is 11.6 Å². The van der Waals surface area contributed by atoms with Gasteiger partial charge in [0.25, 0.3) is 0 Å². The molecule has 3 atom stereocenters. The van der Waals surface area contributed by atoms with E-state index in [-0.39, 0.29) is 37.8 Å². The molecule has 0 unspecified atom stereocenters. The Morgan fingerprint density at radius 3 is 2.61 bits per heavy atom. The predicted molar refractivity (Wildman–Crippen MR) is 141 cm³/mol. The molecule has 2 amide bonds. The third kappa shape index (κ3) is 7.89. The van der Waals surface area contributed by atoms with Crippen molar-refractivity contribution in [3.8, 4) is 0 Å². The van der Waals surface area contributed by atoms with Gasteiger partial charge in [0.2, 0.25) is 11.8 Å². The van der Waals surface area contributed by atoms with Crippen molar-refractivity contribution in [3.05, 3.63) is 70.1 Å². The Hall–Kier alpha value is -3.21. The van der Waals surface area contributed by atoms with E-state index >= 15 is 0 Å². The summed E-state index contributed by atoms with van der Waals surface area (Å²) in [5, 5.41) is 16.0. The average molecular weight is 547 g/mol. The van der Waals surface area contributed by atoms with Crippen LogP contribution in [-0.2, 0) is 36.7 Å². The lowest BCUT2D eigenvalue weighted by Crippen LogP contribution is -2.64. The lowest BCUT2D eigenvalue weighted by Gasteiger charge is -2.45. The van der Waals surface area contributed by atoms with Gasteiger partial charge in [0.05, 0.1) is 31.6 Å². The molecule has 1 aliphatic heterocycles. The molecule has 1 fully saturated rings. The van der Waals surface area contributed by atoms with E-state index in [0.717, 1.165) is 5.56 Å². The normalized spacial score (nSPS) is 18.9. The monoisotopic (exact) mass is 546 g/mol. The third-order valence-electron chi connectivity index (χ3n) is 6.77. The second-order valence-electron chi connectivity index (χ2n) is 9.70. The minimum atomic E-state index is -0.870. The van der Waals surface area contributed by atoms with Crippen LogP contribution in [0.4, 0.5) is 0 Å². The maximum Gasteiger partial charge on any atom is 0.306 e. The molecule has 1 aromatic heterocycles. The molecular formula is C27H35ClN4O6. The SMILES string of the molecule is COC[C@H](N)C(=O)N[C@@]1(Cc2ccc(Cl)cc2)CCCN(C(=O)[C@@H](CC(=O)OC)Cc2cccc[n+]2[O-])C1. The molecule has 0 bridgehead atoms. The molecule has 0 aliphatic carbocycles. The summed E-state index contributed by atoms with van der Waals surface area (Å²) in [7, 11) is 2.73. The zero-order valence-electron chi connectivity index (χ0n) is 21.7. The van der Waals surface area contributed by atoms with E-state index < -0.39 is 23.5 Å². The highest BCUT2D eigenvalue weighted by Gasteiger charge is 2.41. The number of hydrogen-bond acceptors (Lipinski definition) is 7. The molecule has 2 heterocycles. The molecule has 1 aromatic carbocycles. The van der Waals surface area contributed by atoms with Crippen LogP contribution in [0.25, 0.3) is 0 Å². The summed E-state index contributed by atoms with van der Waals surface area (Å²) in [5.74, 6) is -2.00. The zero-order chi connectivity index (χ0) is 27.7. The number of ether oxygens (including phenoxy) is 2. The van der Waals surface area contributed by atoms with Crippen molar-refractivity contribution in [1.82, 2.24) is 10.2 Å². The highest BCUT2D eigenvalue weighted by molar-refractivity contribution is 6.30. The molecule has 2 aromatic rings. The summed E-state index contributed by atoms with van der Waals surface area (Å²) in [6.45, 7) is 0.716. The van der Waals surface area contributed by atoms with Crippen molar-refractivity contribution < 1.29 is 28.6 Å². The first-order chi connectivity index (χ1) is 18.2. The van der Waals surface area contributed by atoms with E-state index in [1.165, 1.54) is 20.4 Å². The van der Waals surface area contributed by atoms with Crippen LogP contribution < -0.4 is 15.8 Å². The number of halogens is 1. The predicted octanol–water partition coefficient (Wildman–Crippen LogP) is 1.39. The van der Waals surface area contributed by atoms with Crippen molar-refractivity contribution in [2.24, 2.45) is 11.7 Å². The molecule has 0 spiro atoms. The molecule has 0 radical (unpaired) electrons. The van der Waals surface area contributed by atoms with Crippen molar-refractivity contribution in [2.75, 3.05) is 33.9 Å². The number of rotatable bonds is 11. The summed E-state index contributed by atoms with van der Waals surface area (Å²) in [4.78, 5) is 40.6.